The van der Waals surface area contributed by atoms with Crippen LogP contribution in [0.15, 0.2) is 18.3 Å². The van der Waals surface area contributed by atoms with Crippen LogP contribution in [0.5, 0.6) is 0 Å². The monoisotopic (exact) mass is 221 g/mol. The Morgan fingerprint density at radius 1 is 1.62 bits per heavy atom. The molecule has 0 saturated carbocycles. The summed E-state index contributed by atoms with van der Waals surface area (Å²) < 4.78 is 0. The smallest absolute Gasteiger partial charge is 0.270 e. The predicted octanol–water partition coefficient (Wildman–Crippen LogP) is 1.23. The van der Waals surface area contributed by atoms with Crippen molar-refractivity contribution in [3.63, 3.8) is 0 Å². The van der Waals surface area contributed by atoms with Crippen LogP contribution in [0.2, 0.25) is 0 Å². The molecule has 1 amide bonds. The number of H-pyrrole nitrogens is 1. The Balaban J connectivity index is 2.08. The van der Waals surface area contributed by atoms with Crippen molar-refractivity contribution in [2.45, 2.75) is 25.3 Å². The summed E-state index contributed by atoms with van der Waals surface area (Å²) >= 11 is 0. The van der Waals surface area contributed by atoms with Crippen molar-refractivity contribution < 1.29 is 4.79 Å². The van der Waals surface area contributed by atoms with Crippen LogP contribution < -0.4 is 5.32 Å². The van der Waals surface area contributed by atoms with Gasteiger partial charge in [0.25, 0.3) is 5.91 Å². The minimum Gasteiger partial charge on any atom is -0.357 e. The van der Waals surface area contributed by atoms with Crippen molar-refractivity contribution in [2.24, 2.45) is 0 Å². The zero-order valence-electron chi connectivity index (χ0n) is 9.70. The van der Waals surface area contributed by atoms with E-state index >= 15 is 0 Å². The molecule has 1 aliphatic heterocycles. The van der Waals surface area contributed by atoms with Gasteiger partial charge in [0.15, 0.2) is 0 Å². The first kappa shape index (κ1) is 11.2. The molecule has 1 unspecified atom stereocenters. The third-order valence-electron chi connectivity index (χ3n) is 3.16. The molecule has 16 heavy (non-hydrogen) atoms. The van der Waals surface area contributed by atoms with E-state index in [1.165, 1.54) is 6.42 Å². The lowest BCUT2D eigenvalue weighted by Gasteiger charge is -2.35. The Bertz CT molecular complexity index is 332. The highest BCUT2D eigenvalue weighted by molar-refractivity contribution is 5.92. The number of hydrogen-bond donors (Lipinski definition) is 2. The normalized spacial score (nSPS) is 21.1. The maximum absolute atomic E-state index is 12.2. The Kier molecular flexibility index (Phi) is 3.62. The number of aromatic amines is 1. The van der Waals surface area contributed by atoms with Gasteiger partial charge in [-0.2, -0.15) is 0 Å². The van der Waals surface area contributed by atoms with E-state index in [4.69, 9.17) is 0 Å². The maximum atomic E-state index is 12.2. The first-order valence-electron chi connectivity index (χ1n) is 5.92. The number of likely N-dealkylation sites (tertiary alicyclic amines) is 1. The molecular formula is C12H19N3O. The number of carbonyl (C=O) groups excluding carboxylic acids is 1. The van der Waals surface area contributed by atoms with Gasteiger partial charge in [-0.05, 0) is 38.4 Å². The highest BCUT2D eigenvalue weighted by Crippen LogP contribution is 2.18. The molecule has 1 fully saturated rings. The number of aromatic nitrogens is 1. The highest BCUT2D eigenvalue weighted by atomic mass is 16.2. The molecule has 1 aliphatic rings. The molecular weight excluding hydrogens is 202 g/mol. The van der Waals surface area contributed by atoms with Crippen molar-refractivity contribution in [3.05, 3.63) is 24.0 Å². The number of rotatable bonds is 3. The Hall–Kier alpha value is -1.29. The van der Waals surface area contributed by atoms with Gasteiger partial charge in [0.05, 0.1) is 0 Å². The summed E-state index contributed by atoms with van der Waals surface area (Å²) in [5.41, 5.74) is 0.697. The van der Waals surface area contributed by atoms with Crippen molar-refractivity contribution in [3.8, 4) is 0 Å². The highest BCUT2D eigenvalue weighted by Gasteiger charge is 2.27. The number of hydrogen-bond acceptors (Lipinski definition) is 2. The molecule has 4 heteroatoms. The molecule has 0 aliphatic carbocycles. The molecule has 2 rings (SSSR count). The fourth-order valence-corrected chi connectivity index (χ4v) is 2.33. The number of likely N-dealkylation sites (N-methyl/N-ethyl adjacent to an activating group) is 1. The minimum atomic E-state index is 0.130. The quantitative estimate of drug-likeness (QED) is 0.806. The van der Waals surface area contributed by atoms with Crippen molar-refractivity contribution >= 4 is 5.91 Å². The summed E-state index contributed by atoms with van der Waals surface area (Å²) in [5, 5.41) is 3.16. The summed E-state index contributed by atoms with van der Waals surface area (Å²) in [5.74, 6) is 0.130. The van der Waals surface area contributed by atoms with Crippen LogP contribution in [0.3, 0.4) is 0 Å². The first-order chi connectivity index (χ1) is 7.83. The second-order valence-corrected chi connectivity index (χ2v) is 4.29. The van der Waals surface area contributed by atoms with Gasteiger partial charge in [0, 0.05) is 25.3 Å². The lowest BCUT2D eigenvalue weighted by Crippen LogP contribution is -2.48. The van der Waals surface area contributed by atoms with Gasteiger partial charge in [-0.3, -0.25) is 4.79 Å². The second-order valence-electron chi connectivity index (χ2n) is 4.29. The summed E-state index contributed by atoms with van der Waals surface area (Å²) in [4.78, 5) is 17.2. The van der Waals surface area contributed by atoms with Gasteiger partial charge in [0.2, 0.25) is 0 Å². The van der Waals surface area contributed by atoms with Crippen molar-refractivity contribution in [2.75, 3.05) is 20.1 Å². The molecule has 1 aromatic rings. The van der Waals surface area contributed by atoms with Crippen LogP contribution in [0, 0.1) is 0 Å². The van der Waals surface area contributed by atoms with Crippen LogP contribution in [-0.4, -0.2) is 42.0 Å². The van der Waals surface area contributed by atoms with E-state index in [0.29, 0.717) is 11.7 Å². The van der Waals surface area contributed by atoms with E-state index in [0.717, 1.165) is 25.9 Å². The lowest BCUT2D eigenvalue weighted by molar-refractivity contribution is 0.0609. The number of carbonyl (C=O) groups is 1. The summed E-state index contributed by atoms with van der Waals surface area (Å²) in [6.45, 7) is 1.76. The lowest BCUT2D eigenvalue weighted by atomic mass is 10.0. The van der Waals surface area contributed by atoms with Gasteiger partial charge in [-0.1, -0.05) is 0 Å². The third-order valence-corrected chi connectivity index (χ3v) is 3.16. The fraction of sp³-hybridized carbons (Fsp3) is 0.583. The van der Waals surface area contributed by atoms with Gasteiger partial charge < -0.3 is 15.2 Å². The van der Waals surface area contributed by atoms with Crippen LogP contribution in [-0.2, 0) is 0 Å². The third kappa shape index (κ3) is 2.27. The number of piperidine rings is 1. The minimum absolute atomic E-state index is 0.130. The molecule has 2 heterocycles. The van der Waals surface area contributed by atoms with Gasteiger partial charge in [-0.25, -0.2) is 0 Å². The number of nitrogens with zero attached hydrogens (tertiary/aromatic N) is 1. The average molecular weight is 221 g/mol. The molecule has 0 radical (unpaired) electrons. The van der Waals surface area contributed by atoms with Crippen LogP contribution in [0.25, 0.3) is 0 Å². The topological polar surface area (TPSA) is 48.1 Å². The van der Waals surface area contributed by atoms with Crippen molar-refractivity contribution in [1.29, 1.82) is 0 Å². The molecule has 0 spiro atoms. The average Bonchev–Trinajstić information content (AvgIpc) is 2.83. The van der Waals surface area contributed by atoms with Gasteiger partial charge in [-0.15, -0.1) is 0 Å². The fourth-order valence-electron chi connectivity index (χ4n) is 2.33. The Morgan fingerprint density at radius 2 is 2.50 bits per heavy atom. The Labute approximate surface area is 96.0 Å². The molecule has 4 nitrogen and oxygen atoms in total. The zero-order valence-corrected chi connectivity index (χ0v) is 9.70. The summed E-state index contributed by atoms with van der Waals surface area (Å²) in [6, 6.07) is 4.05. The van der Waals surface area contributed by atoms with E-state index in [9.17, 15) is 4.79 Å². The van der Waals surface area contributed by atoms with E-state index in [1.54, 1.807) is 6.20 Å². The van der Waals surface area contributed by atoms with Gasteiger partial charge in [0.1, 0.15) is 5.69 Å². The predicted molar refractivity (Wildman–Crippen MR) is 63.4 cm³/mol. The zero-order chi connectivity index (χ0) is 11.4. The number of amides is 1. The van der Waals surface area contributed by atoms with Crippen molar-refractivity contribution in [1.82, 2.24) is 15.2 Å². The van der Waals surface area contributed by atoms with E-state index < -0.39 is 0 Å². The molecule has 1 atom stereocenters. The largest absolute Gasteiger partial charge is 0.357 e. The molecule has 1 saturated heterocycles. The molecule has 0 aromatic carbocycles. The van der Waals surface area contributed by atoms with Crippen LogP contribution in [0.4, 0.5) is 0 Å². The second kappa shape index (κ2) is 5.16. The SMILES string of the molecule is CNCC1CCCCN1C(=O)c1ccc[nH]1. The van der Waals surface area contributed by atoms with Crippen LogP contribution in [0.1, 0.15) is 29.8 Å². The molecule has 88 valence electrons. The van der Waals surface area contributed by atoms with Crippen LogP contribution >= 0.6 is 0 Å². The van der Waals surface area contributed by atoms with Gasteiger partial charge >= 0.3 is 0 Å². The maximum Gasteiger partial charge on any atom is 0.270 e. The summed E-state index contributed by atoms with van der Waals surface area (Å²) in [7, 11) is 1.94. The van der Waals surface area contributed by atoms with E-state index in [-0.39, 0.29) is 5.91 Å². The molecule has 1 aromatic heterocycles. The summed E-state index contributed by atoms with van der Waals surface area (Å²) in [6.07, 6.45) is 5.24. The molecule has 0 bridgehead atoms. The van der Waals surface area contributed by atoms with E-state index in [2.05, 4.69) is 10.3 Å². The number of nitrogens with one attached hydrogen (secondary N) is 2. The van der Waals surface area contributed by atoms with E-state index in [1.807, 2.05) is 24.1 Å². The standard InChI is InChI=1S/C12H19N3O/c1-13-9-10-5-2-3-8-15(10)12(16)11-6-4-7-14-11/h4,6-7,10,13-14H,2-3,5,8-9H2,1H3. The molecule has 2 N–H and O–H groups in total. The Morgan fingerprint density at radius 3 is 3.19 bits per heavy atom. The first-order valence-corrected chi connectivity index (χ1v) is 5.92.